The molecule has 1 amide bonds. The van der Waals surface area contributed by atoms with Crippen molar-refractivity contribution in [3.8, 4) is 0 Å². The highest BCUT2D eigenvalue weighted by atomic mass is 16.2. The van der Waals surface area contributed by atoms with Gasteiger partial charge in [-0.15, -0.1) is 0 Å². The fourth-order valence-electron chi connectivity index (χ4n) is 2.36. The normalized spacial score (nSPS) is 17.6. The van der Waals surface area contributed by atoms with Gasteiger partial charge in [0.05, 0.1) is 5.69 Å². The second-order valence-electron chi connectivity index (χ2n) is 4.49. The van der Waals surface area contributed by atoms with E-state index in [4.69, 9.17) is 0 Å². The van der Waals surface area contributed by atoms with E-state index in [1.807, 2.05) is 44.2 Å². The van der Waals surface area contributed by atoms with E-state index in [9.17, 15) is 4.79 Å². The number of aryl methyl sites for hydroxylation is 1. The average Bonchev–Trinajstić information content (AvgIpc) is 2.90. The van der Waals surface area contributed by atoms with Crippen molar-refractivity contribution in [1.29, 1.82) is 0 Å². The van der Waals surface area contributed by atoms with Crippen LogP contribution in [0.25, 0.3) is 0 Å². The van der Waals surface area contributed by atoms with E-state index >= 15 is 0 Å². The molecule has 3 heteroatoms. The van der Waals surface area contributed by atoms with Gasteiger partial charge < -0.3 is 0 Å². The second kappa shape index (κ2) is 3.95. The minimum atomic E-state index is 0.0550. The summed E-state index contributed by atoms with van der Waals surface area (Å²) in [5.74, 6) is 0.820. The predicted molar refractivity (Wildman–Crippen MR) is 72.6 cm³/mol. The Morgan fingerprint density at radius 1 is 1.22 bits per heavy atom. The molecule has 0 unspecified atom stereocenters. The van der Waals surface area contributed by atoms with Gasteiger partial charge in [-0.05, 0) is 31.6 Å². The first-order valence-corrected chi connectivity index (χ1v) is 6.11. The van der Waals surface area contributed by atoms with Gasteiger partial charge in [-0.1, -0.05) is 24.6 Å². The fourth-order valence-corrected chi connectivity index (χ4v) is 2.36. The molecule has 2 heterocycles. The van der Waals surface area contributed by atoms with Crippen LogP contribution in [-0.2, 0) is 4.79 Å². The minimum Gasteiger partial charge on any atom is -0.269 e. The van der Waals surface area contributed by atoms with Crippen LogP contribution < -0.4 is 4.90 Å². The lowest BCUT2D eigenvalue weighted by Crippen LogP contribution is -2.31. The Bertz CT molecular complexity index is 606. The standard InChI is InChI=1S/C15H14N2O/c1-3-12-13-8-9-16-14(13)17(15(12)18)11-6-4-10(2)5-7-11/h4-9H,3H2,1-2H3. The van der Waals surface area contributed by atoms with Gasteiger partial charge in [0.15, 0.2) is 0 Å². The van der Waals surface area contributed by atoms with Gasteiger partial charge >= 0.3 is 0 Å². The van der Waals surface area contributed by atoms with Crippen LogP contribution in [0.2, 0.25) is 0 Å². The Balaban J connectivity index is 2.06. The zero-order chi connectivity index (χ0) is 12.7. The number of nitrogens with zero attached hydrogens (tertiary/aromatic N) is 2. The minimum absolute atomic E-state index is 0.0550. The van der Waals surface area contributed by atoms with Gasteiger partial charge in [0.1, 0.15) is 5.84 Å². The molecule has 1 aromatic rings. The van der Waals surface area contributed by atoms with Crippen molar-refractivity contribution in [2.75, 3.05) is 4.90 Å². The van der Waals surface area contributed by atoms with Gasteiger partial charge in [-0.2, -0.15) is 0 Å². The smallest absolute Gasteiger partial charge is 0.260 e. The van der Waals surface area contributed by atoms with Gasteiger partial charge in [0.2, 0.25) is 0 Å². The fraction of sp³-hybridized carbons (Fsp3) is 0.200. The number of anilines is 1. The molecular formula is C15H14N2O. The van der Waals surface area contributed by atoms with Crippen molar-refractivity contribution in [2.45, 2.75) is 20.3 Å². The van der Waals surface area contributed by atoms with Crippen LogP contribution in [-0.4, -0.2) is 11.7 Å². The first-order valence-electron chi connectivity index (χ1n) is 6.11. The van der Waals surface area contributed by atoms with Crippen LogP contribution in [0.3, 0.4) is 0 Å². The van der Waals surface area contributed by atoms with Gasteiger partial charge in [0, 0.05) is 17.3 Å². The summed E-state index contributed by atoms with van der Waals surface area (Å²) in [7, 11) is 0. The van der Waals surface area contributed by atoms with Gasteiger partial charge in [-0.3, -0.25) is 9.69 Å². The maximum Gasteiger partial charge on any atom is 0.260 e. The lowest BCUT2D eigenvalue weighted by molar-refractivity contribution is -0.114. The third kappa shape index (κ3) is 1.44. The number of amidine groups is 1. The molecule has 3 rings (SSSR count). The molecule has 0 fully saturated rings. The highest BCUT2D eigenvalue weighted by Crippen LogP contribution is 2.32. The van der Waals surface area contributed by atoms with E-state index in [2.05, 4.69) is 4.99 Å². The number of hydrogen-bond acceptors (Lipinski definition) is 2. The first-order chi connectivity index (χ1) is 8.72. The highest BCUT2D eigenvalue weighted by Gasteiger charge is 2.36. The van der Waals surface area contributed by atoms with Crippen molar-refractivity contribution in [3.05, 3.63) is 53.3 Å². The molecule has 0 atom stereocenters. The molecule has 0 aliphatic carbocycles. The van der Waals surface area contributed by atoms with E-state index in [1.54, 1.807) is 11.1 Å². The number of carbonyl (C=O) groups excluding carboxylic acids is 1. The van der Waals surface area contributed by atoms with E-state index in [0.717, 1.165) is 29.1 Å². The second-order valence-corrected chi connectivity index (χ2v) is 4.49. The average molecular weight is 238 g/mol. The van der Waals surface area contributed by atoms with Crippen molar-refractivity contribution < 1.29 is 4.79 Å². The van der Waals surface area contributed by atoms with Crippen LogP contribution in [0.1, 0.15) is 18.9 Å². The summed E-state index contributed by atoms with van der Waals surface area (Å²) < 4.78 is 0. The SMILES string of the molecule is CCC1=C2C=CN=C2N(c2ccc(C)cc2)C1=O. The first kappa shape index (κ1) is 11.0. The van der Waals surface area contributed by atoms with Crippen molar-refractivity contribution in [3.63, 3.8) is 0 Å². The molecule has 0 radical (unpaired) electrons. The summed E-state index contributed by atoms with van der Waals surface area (Å²) in [6.45, 7) is 4.04. The Morgan fingerprint density at radius 2 is 1.94 bits per heavy atom. The van der Waals surface area contributed by atoms with Gasteiger partial charge in [-0.25, -0.2) is 4.99 Å². The zero-order valence-electron chi connectivity index (χ0n) is 10.5. The van der Waals surface area contributed by atoms with Crippen LogP contribution in [0.15, 0.2) is 52.7 Å². The molecule has 2 aliphatic rings. The maximum atomic E-state index is 12.4. The number of fused-ring (bicyclic) bond motifs is 1. The van der Waals surface area contributed by atoms with Crippen LogP contribution in [0, 0.1) is 6.92 Å². The molecule has 90 valence electrons. The monoisotopic (exact) mass is 238 g/mol. The maximum absolute atomic E-state index is 12.4. The number of carbonyl (C=O) groups is 1. The molecule has 2 aliphatic heterocycles. The Kier molecular flexibility index (Phi) is 2.40. The number of aliphatic imine (C=N–C) groups is 1. The predicted octanol–water partition coefficient (Wildman–Crippen LogP) is 2.97. The molecule has 0 N–H and O–H groups in total. The Hall–Kier alpha value is -2.16. The van der Waals surface area contributed by atoms with E-state index < -0.39 is 0 Å². The molecule has 0 bridgehead atoms. The van der Waals surface area contributed by atoms with Crippen LogP contribution >= 0.6 is 0 Å². The lowest BCUT2D eigenvalue weighted by Gasteiger charge is -2.17. The molecule has 3 nitrogen and oxygen atoms in total. The molecule has 0 spiro atoms. The topological polar surface area (TPSA) is 32.7 Å². The molecule has 0 saturated carbocycles. The van der Waals surface area contributed by atoms with E-state index in [-0.39, 0.29) is 5.91 Å². The molecule has 0 saturated heterocycles. The van der Waals surface area contributed by atoms with Gasteiger partial charge in [0.25, 0.3) is 5.91 Å². The summed E-state index contributed by atoms with van der Waals surface area (Å²) in [5.41, 5.74) is 3.89. The quantitative estimate of drug-likeness (QED) is 0.779. The number of amides is 1. The lowest BCUT2D eigenvalue weighted by atomic mass is 10.1. The Labute approximate surface area is 106 Å². The van der Waals surface area contributed by atoms with E-state index in [0.29, 0.717) is 0 Å². The number of hydrogen-bond donors (Lipinski definition) is 0. The largest absolute Gasteiger partial charge is 0.269 e. The summed E-state index contributed by atoms with van der Waals surface area (Å²) >= 11 is 0. The summed E-state index contributed by atoms with van der Waals surface area (Å²) in [6, 6.07) is 7.94. The molecule has 1 aromatic carbocycles. The summed E-state index contributed by atoms with van der Waals surface area (Å²) in [4.78, 5) is 18.4. The molecular weight excluding hydrogens is 224 g/mol. The number of rotatable bonds is 2. The third-order valence-electron chi connectivity index (χ3n) is 3.32. The summed E-state index contributed by atoms with van der Waals surface area (Å²) in [5, 5.41) is 0. The van der Waals surface area contributed by atoms with E-state index in [1.165, 1.54) is 5.56 Å². The Morgan fingerprint density at radius 3 is 2.61 bits per heavy atom. The van der Waals surface area contributed by atoms with Crippen molar-refractivity contribution in [2.24, 2.45) is 4.99 Å². The number of benzene rings is 1. The molecule has 18 heavy (non-hydrogen) atoms. The van der Waals surface area contributed by atoms with Crippen molar-refractivity contribution >= 4 is 17.4 Å². The summed E-state index contributed by atoms with van der Waals surface area (Å²) in [6.07, 6.45) is 4.41. The van der Waals surface area contributed by atoms with Crippen molar-refractivity contribution in [1.82, 2.24) is 0 Å². The van der Waals surface area contributed by atoms with Crippen LogP contribution in [0.4, 0.5) is 5.69 Å². The third-order valence-corrected chi connectivity index (χ3v) is 3.32. The zero-order valence-corrected chi connectivity index (χ0v) is 10.5. The van der Waals surface area contributed by atoms with Crippen LogP contribution in [0.5, 0.6) is 0 Å². The highest BCUT2D eigenvalue weighted by molar-refractivity contribution is 6.36. The molecule has 0 aromatic heterocycles.